The van der Waals surface area contributed by atoms with Gasteiger partial charge in [0.1, 0.15) is 5.76 Å². The lowest BCUT2D eigenvalue weighted by molar-refractivity contribution is -0.117. The first-order valence-corrected chi connectivity index (χ1v) is 9.73. The zero-order chi connectivity index (χ0) is 20.1. The number of para-hydroxylation sites is 1. The predicted octanol–water partition coefficient (Wildman–Crippen LogP) is 3.60. The van der Waals surface area contributed by atoms with Crippen molar-refractivity contribution in [1.82, 2.24) is 5.32 Å². The number of hydrogen-bond donors (Lipinski definition) is 2. The van der Waals surface area contributed by atoms with E-state index in [0.29, 0.717) is 17.9 Å². The summed E-state index contributed by atoms with van der Waals surface area (Å²) in [6.45, 7) is 1.23. The minimum absolute atomic E-state index is 0.0184. The number of carbonyl (C=O) groups is 2. The van der Waals surface area contributed by atoms with E-state index in [2.05, 4.69) is 16.7 Å². The highest BCUT2D eigenvalue weighted by atomic mass is 16.3. The van der Waals surface area contributed by atoms with Crippen LogP contribution in [0.1, 0.15) is 28.1 Å². The zero-order valence-electron chi connectivity index (χ0n) is 16.1. The van der Waals surface area contributed by atoms with Crippen LogP contribution in [0.3, 0.4) is 0 Å². The van der Waals surface area contributed by atoms with Gasteiger partial charge in [-0.15, -0.1) is 0 Å². The second-order valence-electron chi connectivity index (χ2n) is 6.97. The molecule has 1 aromatic heterocycles. The minimum atomic E-state index is -0.193. The molecule has 6 nitrogen and oxygen atoms in total. The van der Waals surface area contributed by atoms with Gasteiger partial charge in [-0.05, 0) is 54.8 Å². The van der Waals surface area contributed by atoms with Crippen LogP contribution in [0, 0.1) is 0 Å². The molecule has 0 fully saturated rings. The number of nitrogens with one attached hydrogen (secondary N) is 2. The standard InChI is InChI=1S/C23H23N3O3/c27-22(26-12-4-8-17-6-1-2-11-21(17)26)16-24-19-9-3-7-18(14-19)23(28)25-15-20-10-5-13-29-20/h1-3,5-7,9-11,13-14,24H,4,8,12,15-16H2,(H,25,28). The van der Waals surface area contributed by atoms with Crippen molar-refractivity contribution in [3.8, 4) is 0 Å². The van der Waals surface area contributed by atoms with Gasteiger partial charge < -0.3 is 20.0 Å². The number of aryl methyl sites for hydroxylation is 1. The highest BCUT2D eigenvalue weighted by Gasteiger charge is 2.21. The molecular formula is C23H23N3O3. The molecule has 2 heterocycles. The molecule has 0 bridgehead atoms. The minimum Gasteiger partial charge on any atom is -0.467 e. The number of fused-ring (bicyclic) bond motifs is 1. The Balaban J connectivity index is 1.36. The Morgan fingerprint density at radius 1 is 1.03 bits per heavy atom. The maximum absolute atomic E-state index is 12.8. The van der Waals surface area contributed by atoms with E-state index in [-0.39, 0.29) is 18.4 Å². The van der Waals surface area contributed by atoms with Gasteiger partial charge in [-0.2, -0.15) is 0 Å². The molecule has 0 spiro atoms. The van der Waals surface area contributed by atoms with E-state index < -0.39 is 0 Å². The number of rotatable bonds is 6. The van der Waals surface area contributed by atoms with Crippen molar-refractivity contribution in [1.29, 1.82) is 0 Å². The van der Waals surface area contributed by atoms with E-state index >= 15 is 0 Å². The van der Waals surface area contributed by atoms with Crippen molar-refractivity contribution in [2.75, 3.05) is 23.3 Å². The summed E-state index contributed by atoms with van der Waals surface area (Å²) in [4.78, 5) is 27.0. The number of nitrogens with zero attached hydrogens (tertiary/aromatic N) is 1. The Hall–Kier alpha value is -3.54. The average molecular weight is 389 g/mol. The lowest BCUT2D eigenvalue weighted by Gasteiger charge is -2.29. The van der Waals surface area contributed by atoms with Crippen molar-refractivity contribution in [3.05, 3.63) is 83.8 Å². The van der Waals surface area contributed by atoms with E-state index in [1.54, 1.807) is 30.5 Å². The molecule has 6 heteroatoms. The first-order chi connectivity index (χ1) is 14.2. The van der Waals surface area contributed by atoms with Gasteiger partial charge >= 0.3 is 0 Å². The van der Waals surface area contributed by atoms with Crippen LogP contribution in [-0.2, 0) is 17.8 Å². The third-order valence-corrected chi connectivity index (χ3v) is 4.98. The number of amides is 2. The molecule has 0 atom stereocenters. The summed E-state index contributed by atoms with van der Waals surface area (Å²) in [5, 5.41) is 5.97. The molecule has 2 N–H and O–H groups in total. The molecule has 0 saturated carbocycles. The van der Waals surface area contributed by atoms with Crippen molar-refractivity contribution in [2.24, 2.45) is 0 Å². The van der Waals surface area contributed by atoms with Crippen molar-refractivity contribution in [3.63, 3.8) is 0 Å². The molecule has 2 amide bonds. The molecule has 3 aromatic rings. The first kappa shape index (κ1) is 18.8. The Labute approximate surface area is 169 Å². The van der Waals surface area contributed by atoms with Crippen molar-refractivity contribution < 1.29 is 14.0 Å². The molecule has 0 aliphatic carbocycles. The van der Waals surface area contributed by atoms with Gasteiger partial charge in [0.2, 0.25) is 5.91 Å². The van der Waals surface area contributed by atoms with E-state index in [9.17, 15) is 9.59 Å². The van der Waals surface area contributed by atoms with E-state index in [1.807, 2.05) is 35.2 Å². The fourth-order valence-corrected chi connectivity index (χ4v) is 3.52. The SMILES string of the molecule is O=C(NCc1ccco1)c1cccc(NCC(=O)N2CCCc3ccccc32)c1. The molecule has 0 unspecified atom stereocenters. The molecule has 4 rings (SSSR count). The van der Waals surface area contributed by atoms with Gasteiger partial charge in [-0.3, -0.25) is 9.59 Å². The zero-order valence-corrected chi connectivity index (χ0v) is 16.1. The summed E-state index contributed by atoms with van der Waals surface area (Å²) in [7, 11) is 0. The van der Waals surface area contributed by atoms with Crippen LogP contribution in [0.2, 0.25) is 0 Å². The van der Waals surface area contributed by atoms with Crippen molar-refractivity contribution in [2.45, 2.75) is 19.4 Å². The lowest BCUT2D eigenvalue weighted by atomic mass is 10.0. The Kier molecular flexibility index (Phi) is 5.61. The van der Waals surface area contributed by atoms with Crippen LogP contribution in [0.25, 0.3) is 0 Å². The number of furan rings is 1. The largest absolute Gasteiger partial charge is 0.467 e. The molecule has 29 heavy (non-hydrogen) atoms. The molecule has 0 saturated heterocycles. The van der Waals surface area contributed by atoms with E-state index in [0.717, 1.165) is 30.8 Å². The third kappa shape index (κ3) is 4.48. The summed E-state index contributed by atoms with van der Waals surface area (Å²) in [5.41, 5.74) is 3.46. The molecule has 0 radical (unpaired) electrons. The quantitative estimate of drug-likeness (QED) is 0.676. The fraction of sp³-hybridized carbons (Fsp3) is 0.217. The topological polar surface area (TPSA) is 74.6 Å². The molecule has 2 aromatic carbocycles. The van der Waals surface area contributed by atoms with Crippen LogP contribution in [0.4, 0.5) is 11.4 Å². The highest BCUT2D eigenvalue weighted by molar-refractivity contribution is 5.98. The monoisotopic (exact) mass is 389 g/mol. The Bertz CT molecular complexity index is 998. The first-order valence-electron chi connectivity index (χ1n) is 9.73. The van der Waals surface area contributed by atoms with Gasteiger partial charge in [-0.25, -0.2) is 0 Å². The Morgan fingerprint density at radius 2 is 1.93 bits per heavy atom. The second-order valence-corrected chi connectivity index (χ2v) is 6.97. The van der Waals surface area contributed by atoms with Gasteiger partial charge in [0.15, 0.2) is 0 Å². The van der Waals surface area contributed by atoms with E-state index in [1.165, 1.54) is 5.56 Å². The molecule has 1 aliphatic heterocycles. The smallest absolute Gasteiger partial charge is 0.251 e. The predicted molar refractivity (Wildman–Crippen MR) is 112 cm³/mol. The van der Waals surface area contributed by atoms with Gasteiger partial charge in [0, 0.05) is 23.5 Å². The van der Waals surface area contributed by atoms with Gasteiger partial charge in [0.25, 0.3) is 5.91 Å². The molecule has 148 valence electrons. The van der Waals surface area contributed by atoms with Crippen LogP contribution < -0.4 is 15.5 Å². The summed E-state index contributed by atoms with van der Waals surface area (Å²) in [6, 6.07) is 18.8. The van der Waals surface area contributed by atoms with E-state index in [4.69, 9.17) is 4.42 Å². The van der Waals surface area contributed by atoms with Gasteiger partial charge in [-0.1, -0.05) is 24.3 Å². The number of benzene rings is 2. The number of carbonyl (C=O) groups excluding carboxylic acids is 2. The number of hydrogen-bond acceptors (Lipinski definition) is 4. The fourth-order valence-electron chi connectivity index (χ4n) is 3.52. The van der Waals surface area contributed by atoms with Gasteiger partial charge in [0.05, 0.1) is 19.4 Å². The third-order valence-electron chi connectivity index (χ3n) is 4.98. The normalized spacial score (nSPS) is 12.9. The molecular weight excluding hydrogens is 366 g/mol. The van der Waals surface area contributed by atoms with Crippen LogP contribution in [0.5, 0.6) is 0 Å². The van der Waals surface area contributed by atoms with Crippen molar-refractivity contribution >= 4 is 23.2 Å². The van der Waals surface area contributed by atoms with Crippen LogP contribution in [0.15, 0.2) is 71.3 Å². The summed E-state index contributed by atoms with van der Waals surface area (Å²) >= 11 is 0. The summed E-state index contributed by atoms with van der Waals surface area (Å²) in [5.74, 6) is 0.520. The van der Waals surface area contributed by atoms with Crippen LogP contribution >= 0.6 is 0 Å². The summed E-state index contributed by atoms with van der Waals surface area (Å²) < 4.78 is 5.22. The maximum Gasteiger partial charge on any atom is 0.251 e. The number of anilines is 2. The van der Waals surface area contributed by atoms with Crippen LogP contribution in [-0.4, -0.2) is 24.9 Å². The second kappa shape index (κ2) is 8.65. The average Bonchev–Trinajstić information content (AvgIpc) is 3.29. The highest BCUT2D eigenvalue weighted by Crippen LogP contribution is 2.26. The maximum atomic E-state index is 12.8. The molecule has 1 aliphatic rings. The Morgan fingerprint density at radius 3 is 2.79 bits per heavy atom. The lowest BCUT2D eigenvalue weighted by Crippen LogP contribution is -2.39. The summed E-state index contributed by atoms with van der Waals surface area (Å²) in [6.07, 6.45) is 3.54.